The lowest BCUT2D eigenvalue weighted by atomic mass is 10.8. The molecule has 0 aromatic carbocycles. The van der Waals surface area contributed by atoms with E-state index in [2.05, 4.69) is 21.2 Å². The summed E-state index contributed by atoms with van der Waals surface area (Å²) >= 11 is 2.68. The topological polar surface area (TPSA) is 29.1 Å². The maximum Gasteiger partial charge on any atom is 0.287 e. The zero-order valence-electron chi connectivity index (χ0n) is 3.49. The molecule has 0 aliphatic rings. The Kier molecular flexibility index (Phi) is 3.13. The lowest BCUT2D eigenvalue weighted by Crippen LogP contribution is -2.13. The van der Waals surface area contributed by atoms with Crippen LogP contribution in [0.3, 0.4) is 0 Å². The highest BCUT2D eigenvalue weighted by Crippen LogP contribution is 1.77. The second-order valence-electron chi connectivity index (χ2n) is 0.804. The third-order valence-corrected chi connectivity index (χ3v) is 0.596. The molecule has 1 N–H and O–H groups in total. The van der Waals surface area contributed by atoms with Crippen molar-refractivity contribution >= 4 is 20.7 Å². The van der Waals surface area contributed by atoms with Crippen molar-refractivity contribution in [1.82, 2.24) is 5.32 Å². The second kappa shape index (κ2) is 3.15. The Morgan fingerprint density at radius 3 is 2.50 bits per heavy atom. The number of rotatable bonds is 1. The van der Waals surface area contributed by atoms with E-state index in [1.165, 1.54) is 0 Å². The zero-order chi connectivity index (χ0) is 4.99. The third-order valence-electron chi connectivity index (χ3n) is 0.316. The highest BCUT2D eigenvalue weighted by Gasteiger charge is 1.82. The molecule has 1 amide bonds. The first-order valence-corrected chi connectivity index (χ1v) is 2.50. The minimum atomic E-state index is -0.148. The van der Waals surface area contributed by atoms with Crippen molar-refractivity contribution < 1.29 is 4.79 Å². The van der Waals surface area contributed by atoms with Crippen LogP contribution in [0, 0.1) is 0 Å². The van der Waals surface area contributed by atoms with Crippen LogP contribution in [0.2, 0.25) is 0 Å². The number of hydrogen-bond acceptors (Lipinski definition) is 1. The van der Waals surface area contributed by atoms with E-state index in [4.69, 9.17) is 0 Å². The van der Waals surface area contributed by atoms with E-state index in [1.807, 2.05) is 6.92 Å². The van der Waals surface area contributed by atoms with E-state index >= 15 is 0 Å². The van der Waals surface area contributed by atoms with Crippen molar-refractivity contribution in [1.29, 1.82) is 0 Å². The molecule has 0 heterocycles. The summed E-state index contributed by atoms with van der Waals surface area (Å²) in [6.45, 7) is 2.54. The van der Waals surface area contributed by atoms with Gasteiger partial charge in [-0.05, 0) is 6.92 Å². The second-order valence-corrected chi connectivity index (χ2v) is 1.52. The zero-order valence-corrected chi connectivity index (χ0v) is 5.08. The molecule has 36 valence electrons. The number of amides is 1. The number of halogens is 1. The van der Waals surface area contributed by atoms with Crippen molar-refractivity contribution in [3.63, 3.8) is 0 Å². The molecule has 2 nitrogen and oxygen atoms in total. The first kappa shape index (κ1) is 5.95. The molecular formula is C3H6BrNO. The maximum absolute atomic E-state index is 9.85. The number of carbonyl (C=O) groups is 1. The van der Waals surface area contributed by atoms with Gasteiger partial charge >= 0.3 is 0 Å². The molecule has 0 saturated heterocycles. The predicted molar refractivity (Wildman–Crippen MR) is 28.0 cm³/mol. The van der Waals surface area contributed by atoms with Crippen LogP contribution in [0.15, 0.2) is 0 Å². The van der Waals surface area contributed by atoms with Crippen LogP contribution in [-0.2, 0) is 0 Å². The van der Waals surface area contributed by atoms with Gasteiger partial charge in [-0.2, -0.15) is 0 Å². The van der Waals surface area contributed by atoms with E-state index in [9.17, 15) is 4.79 Å². The van der Waals surface area contributed by atoms with Gasteiger partial charge in [-0.3, -0.25) is 4.79 Å². The summed E-state index contributed by atoms with van der Waals surface area (Å²) < 4.78 is 0. The Bertz CT molecular complexity index is 54.8. The van der Waals surface area contributed by atoms with E-state index in [-0.39, 0.29) is 4.82 Å². The molecule has 0 radical (unpaired) electrons. The van der Waals surface area contributed by atoms with Gasteiger partial charge in [0.05, 0.1) is 0 Å². The highest BCUT2D eigenvalue weighted by molar-refractivity contribution is 9.18. The molecule has 0 atom stereocenters. The van der Waals surface area contributed by atoms with Crippen LogP contribution in [0.25, 0.3) is 0 Å². The van der Waals surface area contributed by atoms with Gasteiger partial charge in [-0.1, -0.05) is 0 Å². The van der Waals surface area contributed by atoms with Gasteiger partial charge in [0.15, 0.2) is 0 Å². The summed E-state index contributed by atoms with van der Waals surface area (Å²) in [5, 5.41) is 2.49. The summed E-state index contributed by atoms with van der Waals surface area (Å²) in [6.07, 6.45) is 0. The average molecular weight is 152 g/mol. The van der Waals surface area contributed by atoms with Gasteiger partial charge in [-0.15, -0.1) is 0 Å². The first-order chi connectivity index (χ1) is 2.77. The molecule has 3 heteroatoms. The van der Waals surface area contributed by atoms with Crippen molar-refractivity contribution in [2.75, 3.05) is 6.54 Å². The smallest absolute Gasteiger partial charge is 0.287 e. The Morgan fingerprint density at radius 1 is 2.00 bits per heavy atom. The number of nitrogens with one attached hydrogen (secondary N) is 1. The summed E-state index contributed by atoms with van der Waals surface area (Å²) in [7, 11) is 0. The van der Waals surface area contributed by atoms with Gasteiger partial charge in [-0.25, -0.2) is 0 Å². The molecule has 0 rings (SSSR count). The molecule has 0 bridgehead atoms. The van der Waals surface area contributed by atoms with E-state index in [1.54, 1.807) is 0 Å². The largest absolute Gasteiger partial charge is 0.347 e. The summed E-state index contributed by atoms with van der Waals surface area (Å²) in [4.78, 5) is 9.70. The summed E-state index contributed by atoms with van der Waals surface area (Å²) in [5.41, 5.74) is 0. The summed E-state index contributed by atoms with van der Waals surface area (Å²) in [6, 6.07) is 0. The third kappa shape index (κ3) is 3.95. The van der Waals surface area contributed by atoms with Crippen molar-refractivity contribution in [2.45, 2.75) is 6.92 Å². The Labute approximate surface area is 45.0 Å². The molecule has 0 aliphatic carbocycles. The first-order valence-electron chi connectivity index (χ1n) is 1.70. The van der Waals surface area contributed by atoms with E-state index < -0.39 is 0 Å². The number of carbonyl (C=O) groups excluding carboxylic acids is 1. The van der Waals surface area contributed by atoms with Gasteiger partial charge < -0.3 is 5.32 Å². The summed E-state index contributed by atoms with van der Waals surface area (Å²) in [5.74, 6) is 0. The van der Waals surface area contributed by atoms with E-state index in [0.29, 0.717) is 6.54 Å². The van der Waals surface area contributed by atoms with Crippen LogP contribution in [0.5, 0.6) is 0 Å². The van der Waals surface area contributed by atoms with Crippen LogP contribution in [-0.4, -0.2) is 11.4 Å². The SMILES string of the molecule is CCNC(=O)Br. The fraction of sp³-hybridized carbons (Fsp3) is 0.667. The molecule has 6 heavy (non-hydrogen) atoms. The maximum atomic E-state index is 9.85. The minimum absolute atomic E-state index is 0.148. The molecular weight excluding hydrogens is 146 g/mol. The highest BCUT2D eigenvalue weighted by atomic mass is 79.9. The molecule has 0 fully saturated rings. The van der Waals surface area contributed by atoms with Gasteiger partial charge in [0.25, 0.3) is 4.82 Å². The molecule has 0 aromatic rings. The van der Waals surface area contributed by atoms with Gasteiger partial charge in [0.2, 0.25) is 0 Å². The Balaban J connectivity index is 2.83. The minimum Gasteiger partial charge on any atom is -0.347 e. The quantitative estimate of drug-likeness (QED) is 0.442. The molecule has 0 saturated carbocycles. The van der Waals surface area contributed by atoms with Crippen LogP contribution in [0.1, 0.15) is 6.92 Å². The predicted octanol–water partition coefficient (Wildman–Crippen LogP) is 1.11. The standard InChI is InChI=1S/C3H6BrNO/c1-2-5-3(4)6/h2H2,1H3,(H,5,6). The fourth-order valence-corrected chi connectivity index (χ4v) is 0.419. The number of hydrogen-bond donors (Lipinski definition) is 1. The molecule has 0 aliphatic heterocycles. The Morgan fingerprint density at radius 2 is 2.50 bits per heavy atom. The van der Waals surface area contributed by atoms with E-state index in [0.717, 1.165) is 0 Å². The van der Waals surface area contributed by atoms with Crippen molar-refractivity contribution in [3.05, 3.63) is 0 Å². The lowest BCUT2D eigenvalue weighted by molar-refractivity contribution is 0.262. The monoisotopic (exact) mass is 151 g/mol. The van der Waals surface area contributed by atoms with Gasteiger partial charge in [0, 0.05) is 22.5 Å². The molecule has 0 aromatic heterocycles. The lowest BCUT2D eigenvalue weighted by Gasteiger charge is -1.86. The van der Waals surface area contributed by atoms with Gasteiger partial charge in [0.1, 0.15) is 0 Å². The average Bonchev–Trinajstić information content (AvgIpc) is 1.35. The Hall–Kier alpha value is -0.0500. The van der Waals surface area contributed by atoms with Crippen LogP contribution < -0.4 is 5.32 Å². The normalized spacial score (nSPS) is 7.67. The van der Waals surface area contributed by atoms with Crippen LogP contribution >= 0.6 is 15.9 Å². The molecule has 0 unspecified atom stereocenters. The van der Waals surface area contributed by atoms with Crippen molar-refractivity contribution in [2.24, 2.45) is 0 Å². The fourth-order valence-electron chi connectivity index (χ4n) is 0.139. The molecule has 0 spiro atoms. The van der Waals surface area contributed by atoms with Crippen LogP contribution in [0.4, 0.5) is 4.79 Å². The van der Waals surface area contributed by atoms with Crippen molar-refractivity contribution in [3.8, 4) is 0 Å².